The third kappa shape index (κ3) is 1.96. The van der Waals surface area contributed by atoms with Gasteiger partial charge in [0.25, 0.3) is 5.69 Å². The van der Waals surface area contributed by atoms with Crippen LogP contribution in [-0.2, 0) is 0 Å². The van der Waals surface area contributed by atoms with Gasteiger partial charge in [-0.1, -0.05) is 12.1 Å². The highest BCUT2D eigenvalue weighted by atomic mass is 16.6. The van der Waals surface area contributed by atoms with Gasteiger partial charge in [-0.25, -0.2) is 0 Å². The molecule has 0 aliphatic heterocycles. The minimum absolute atomic E-state index is 0.0742. The van der Waals surface area contributed by atoms with Gasteiger partial charge in [-0.3, -0.25) is 10.1 Å². The lowest BCUT2D eigenvalue weighted by molar-refractivity contribution is -0.385. The summed E-state index contributed by atoms with van der Waals surface area (Å²) in [6.07, 6.45) is 2.86. The molecule has 0 bridgehead atoms. The maximum atomic E-state index is 10.6. The lowest BCUT2D eigenvalue weighted by atomic mass is 10.1. The van der Waals surface area contributed by atoms with Crippen LogP contribution in [0.1, 0.15) is 11.1 Å². The molecule has 0 spiro atoms. The van der Waals surface area contributed by atoms with Gasteiger partial charge in [0.1, 0.15) is 0 Å². The fraction of sp³-hybridized carbons (Fsp3) is 0.100. The van der Waals surface area contributed by atoms with Crippen molar-refractivity contribution in [2.24, 2.45) is 0 Å². The molecule has 0 amide bonds. The summed E-state index contributed by atoms with van der Waals surface area (Å²) in [6, 6.07) is 6.62. The molecule has 0 fully saturated rings. The molecule has 0 saturated heterocycles. The first-order valence-electron chi connectivity index (χ1n) is 3.97. The third-order valence-electron chi connectivity index (χ3n) is 1.88. The molecule has 0 N–H and O–H groups in total. The van der Waals surface area contributed by atoms with Crippen LogP contribution in [0.3, 0.4) is 0 Å². The second kappa shape index (κ2) is 4.19. The molecule has 1 rings (SSSR count). The van der Waals surface area contributed by atoms with E-state index in [9.17, 15) is 10.1 Å². The Hall–Kier alpha value is -2.15. The van der Waals surface area contributed by atoms with E-state index < -0.39 is 4.92 Å². The van der Waals surface area contributed by atoms with Crippen molar-refractivity contribution in [2.45, 2.75) is 6.92 Å². The van der Waals surface area contributed by atoms with Crippen molar-refractivity contribution in [1.82, 2.24) is 0 Å². The second-order valence-electron chi connectivity index (χ2n) is 2.71. The van der Waals surface area contributed by atoms with Crippen LogP contribution >= 0.6 is 0 Å². The van der Waals surface area contributed by atoms with Gasteiger partial charge in [-0.15, -0.1) is 0 Å². The van der Waals surface area contributed by atoms with Crippen molar-refractivity contribution in [1.29, 1.82) is 5.26 Å². The molecular weight excluding hydrogens is 180 g/mol. The summed E-state index contributed by atoms with van der Waals surface area (Å²) in [7, 11) is 0. The van der Waals surface area contributed by atoms with Gasteiger partial charge in [0.2, 0.25) is 0 Å². The maximum Gasteiger partial charge on any atom is 0.272 e. The van der Waals surface area contributed by atoms with E-state index in [1.807, 2.05) is 6.07 Å². The molecular formula is C10H8N2O2. The van der Waals surface area contributed by atoms with E-state index in [4.69, 9.17) is 5.26 Å². The Morgan fingerprint density at radius 3 is 2.86 bits per heavy atom. The molecule has 0 aliphatic carbocycles. The topological polar surface area (TPSA) is 66.9 Å². The van der Waals surface area contributed by atoms with E-state index in [0.29, 0.717) is 11.1 Å². The number of benzene rings is 1. The molecule has 14 heavy (non-hydrogen) atoms. The zero-order valence-electron chi connectivity index (χ0n) is 7.60. The first kappa shape index (κ1) is 9.93. The predicted molar refractivity (Wildman–Crippen MR) is 52.5 cm³/mol. The predicted octanol–water partition coefficient (Wildman–Crippen LogP) is 2.44. The number of hydrogen-bond acceptors (Lipinski definition) is 3. The normalized spacial score (nSPS) is 10.0. The Morgan fingerprint density at radius 2 is 2.29 bits per heavy atom. The van der Waals surface area contributed by atoms with Crippen LogP contribution in [-0.4, -0.2) is 4.92 Å². The summed E-state index contributed by atoms with van der Waals surface area (Å²) >= 11 is 0. The molecule has 70 valence electrons. The summed E-state index contributed by atoms with van der Waals surface area (Å²) in [5.74, 6) is 0. The number of rotatable bonds is 2. The van der Waals surface area contributed by atoms with Gasteiger partial charge in [0.15, 0.2) is 0 Å². The highest BCUT2D eigenvalue weighted by Gasteiger charge is 2.10. The molecule has 0 atom stereocenters. The van der Waals surface area contributed by atoms with Crippen molar-refractivity contribution >= 4 is 11.8 Å². The van der Waals surface area contributed by atoms with Crippen LogP contribution in [0.2, 0.25) is 0 Å². The summed E-state index contributed by atoms with van der Waals surface area (Å²) in [6.45, 7) is 1.66. The minimum atomic E-state index is -0.432. The second-order valence-corrected chi connectivity index (χ2v) is 2.71. The number of allylic oxidation sites excluding steroid dienone is 1. The quantitative estimate of drug-likeness (QED) is 0.406. The third-order valence-corrected chi connectivity index (χ3v) is 1.88. The zero-order chi connectivity index (χ0) is 10.6. The minimum Gasteiger partial charge on any atom is -0.258 e. The van der Waals surface area contributed by atoms with Crippen LogP contribution in [0.5, 0.6) is 0 Å². The van der Waals surface area contributed by atoms with Gasteiger partial charge in [0, 0.05) is 17.7 Å². The van der Waals surface area contributed by atoms with E-state index in [-0.39, 0.29) is 5.69 Å². The Morgan fingerprint density at radius 1 is 1.57 bits per heavy atom. The fourth-order valence-corrected chi connectivity index (χ4v) is 1.15. The first-order chi connectivity index (χ1) is 6.66. The van der Waals surface area contributed by atoms with Crippen molar-refractivity contribution in [2.75, 3.05) is 0 Å². The Bertz CT molecular complexity index is 430. The zero-order valence-corrected chi connectivity index (χ0v) is 7.60. The van der Waals surface area contributed by atoms with Crippen molar-refractivity contribution in [3.63, 3.8) is 0 Å². The number of hydrogen-bond donors (Lipinski definition) is 0. The summed E-state index contributed by atoms with van der Waals surface area (Å²) in [4.78, 5) is 10.1. The highest BCUT2D eigenvalue weighted by molar-refractivity contribution is 5.60. The summed E-state index contributed by atoms with van der Waals surface area (Å²) in [5, 5.41) is 18.9. The van der Waals surface area contributed by atoms with Gasteiger partial charge in [0.05, 0.1) is 11.0 Å². The number of nitriles is 1. The number of nitro groups is 1. The van der Waals surface area contributed by atoms with E-state index in [1.165, 1.54) is 12.1 Å². The lowest BCUT2D eigenvalue weighted by Gasteiger charge is -1.99. The standard InChI is InChI=1S/C10H8N2O2/c1-8-9(5-3-7-11)4-2-6-10(8)12(13)14/h2-6H,1H3/b5-3+. The van der Waals surface area contributed by atoms with Crippen LogP contribution in [0.4, 0.5) is 5.69 Å². The number of nitrogens with zero attached hydrogens (tertiary/aromatic N) is 2. The van der Waals surface area contributed by atoms with Gasteiger partial charge in [-0.2, -0.15) is 5.26 Å². The maximum absolute atomic E-state index is 10.6. The molecule has 4 nitrogen and oxygen atoms in total. The molecule has 0 aromatic heterocycles. The fourth-order valence-electron chi connectivity index (χ4n) is 1.15. The van der Waals surface area contributed by atoms with E-state index in [2.05, 4.69) is 0 Å². The Balaban J connectivity index is 3.22. The largest absolute Gasteiger partial charge is 0.272 e. The van der Waals surface area contributed by atoms with Crippen LogP contribution in [0, 0.1) is 28.4 Å². The van der Waals surface area contributed by atoms with E-state index in [0.717, 1.165) is 0 Å². The molecule has 0 aliphatic rings. The van der Waals surface area contributed by atoms with Crippen molar-refractivity contribution < 1.29 is 4.92 Å². The number of nitro benzene ring substituents is 1. The molecule has 0 heterocycles. The molecule has 1 aromatic carbocycles. The molecule has 0 radical (unpaired) electrons. The Kier molecular flexibility index (Phi) is 2.97. The summed E-state index contributed by atoms with van der Waals surface area (Å²) in [5.41, 5.74) is 1.34. The Labute approximate surface area is 81.2 Å². The van der Waals surface area contributed by atoms with E-state index >= 15 is 0 Å². The average molecular weight is 188 g/mol. The lowest BCUT2D eigenvalue weighted by Crippen LogP contribution is -1.92. The first-order valence-corrected chi connectivity index (χ1v) is 3.97. The van der Waals surface area contributed by atoms with Crippen molar-refractivity contribution in [3.8, 4) is 6.07 Å². The van der Waals surface area contributed by atoms with Crippen LogP contribution < -0.4 is 0 Å². The van der Waals surface area contributed by atoms with Crippen LogP contribution in [0.25, 0.3) is 6.08 Å². The SMILES string of the molecule is Cc1c(/C=C/C#N)cccc1[N+](=O)[O-]. The molecule has 1 aromatic rings. The monoisotopic (exact) mass is 188 g/mol. The average Bonchev–Trinajstić information content (AvgIpc) is 2.16. The van der Waals surface area contributed by atoms with Gasteiger partial charge in [-0.05, 0) is 18.6 Å². The molecule has 0 unspecified atom stereocenters. The molecule has 0 saturated carbocycles. The summed E-state index contributed by atoms with van der Waals surface area (Å²) < 4.78 is 0. The van der Waals surface area contributed by atoms with E-state index in [1.54, 1.807) is 25.1 Å². The van der Waals surface area contributed by atoms with Crippen molar-refractivity contribution in [3.05, 3.63) is 45.5 Å². The van der Waals surface area contributed by atoms with Gasteiger partial charge >= 0.3 is 0 Å². The highest BCUT2D eigenvalue weighted by Crippen LogP contribution is 2.21. The smallest absolute Gasteiger partial charge is 0.258 e. The van der Waals surface area contributed by atoms with Crippen LogP contribution in [0.15, 0.2) is 24.3 Å². The molecule has 4 heteroatoms. The van der Waals surface area contributed by atoms with Gasteiger partial charge < -0.3 is 0 Å².